The Hall–Kier alpha value is -1.65. The van der Waals surface area contributed by atoms with Gasteiger partial charge in [0.05, 0.1) is 5.92 Å². The molecular weight excluding hydrogens is 218 g/mol. The fraction of sp³-hybridized carbons (Fsp3) is 0.364. The van der Waals surface area contributed by atoms with Gasteiger partial charge >= 0.3 is 11.9 Å². The Bertz CT molecular complexity index is 443. The van der Waals surface area contributed by atoms with E-state index in [1.807, 2.05) is 0 Å². The van der Waals surface area contributed by atoms with Crippen LogP contribution in [0.2, 0.25) is 0 Å². The summed E-state index contributed by atoms with van der Waals surface area (Å²) in [6.07, 6.45) is 0.468. The van der Waals surface area contributed by atoms with E-state index in [2.05, 4.69) is 0 Å². The first-order chi connectivity index (χ1) is 7.43. The number of benzene rings is 1. The fourth-order valence-electron chi connectivity index (χ4n) is 2.13. The van der Waals surface area contributed by atoms with Gasteiger partial charge in [-0.2, -0.15) is 8.78 Å². The number of carboxylic acids is 1. The topological polar surface area (TPSA) is 57.5 Å². The molecule has 1 unspecified atom stereocenters. The Labute approximate surface area is 90.3 Å². The summed E-state index contributed by atoms with van der Waals surface area (Å²) < 4.78 is 26.7. The number of phenolic OH excluding ortho intramolecular Hbond substituents is 1. The number of fused-ring (bicyclic) bond motifs is 1. The number of carbonyl (C=O) groups is 1. The lowest BCUT2D eigenvalue weighted by Crippen LogP contribution is -2.34. The van der Waals surface area contributed by atoms with Crippen LogP contribution in [0.3, 0.4) is 0 Å². The quantitative estimate of drug-likeness (QED) is 0.815. The molecule has 1 atom stereocenters. The molecule has 16 heavy (non-hydrogen) atoms. The minimum atomic E-state index is -3.75. The smallest absolute Gasteiger partial charge is 0.375 e. The molecule has 2 rings (SSSR count). The highest BCUT2D eigenvalue weighted by Gasteiger charge is 2.50. The number of alkyl halides is 2. The lowest BCUT2D eigenvalue weighted by Gasteiger charge is -2.19. The molecule has 0 saturated heterocycles. The molecule has 5 heteroatoms. The van der Waals surface area contributed by atoms with Gasteiger partial charge in [-0.05, 0) is 36.1 Å². The van der Waals surface area contributed by atoms with Gasteiger partial charge in [-0.3, -0.25) is 0 Å². The van der Waals surface area contributed by atoms with Crippen LogP contribution >= 0.6 is 0 Å². The zero-order valence-electron chi connectivity index (χ0n) is 8.28. The number of halogens is 2. The third-order valence-electron chi connectivity index (χ3n) is 2.93. The first-order valence-electron chi connectivity index (χ1n) is 4.86. The normalized spacial score (nSPS) is 19.5. The van der Waals surface area contributed by atoms with Gasteiger partial charge in [-0.1, -0.05) is 6.07 Å². The number of aliphatic carboxylic acids is 1. The molecule has 0 heterocycles. The summed E-state index contributed by atoms with van der Waals surface area (Å²) in [6, 6.07) is 4.08. The Kier molecular flexibility index (Phi) is 2.33. The van der Waals surface area contributed by atoms with Crippen LogP contribution in [0.4, 0.5) is 8.78 Å². The maximum Gasteiger partial charge on any atom is 0.375 e. The van der Waals surface area contributed by atoms with Crippen LogP contribution in [0.25, 0.3) is 0 Å². The SMILES string of the molecule is O=C(O)C(F)(F)C1CCc2cc(O)ccc21. The lowest BCUT2D eigenvalue weighted by atomic mass is 9.94. The Morgan fingerprint density at radius 3 is 2.75 bits per heavy atom. The van der Waals surface area contributed by atoms with Crippen molar-refractivity contribution in [3.8, 4) is 5.75 Å². The molecule has 0 saturated carbocycles. The van der Waals surface area contributed by atoms with Crippen molar-refractivity contribution >= 4 is 5.97 Å². The molecule has 3 nitrogen and oxygen atoms in total. The maximum absolute atomic E-state index is 13.4. The number of hydrogen-bond donors (Lipinski definition) is 2. The summed E-state index contributed by atoms with van der Waals surface area (Å²) in [5.74, 6) is -7.13. The predicted molar refractivity (Wildman–Crippen MR) is 51.8 cm³/mol. The first kappa shape index (κ1) is 10.9. The Morgan fingerprint density at radius 1 is 1.44 bits per heavy atom. The van der Waals surface area contributed by atoms with E-state index in [9.17, 15) is 18.7 Å². The molecule has 0 fully saturated rings. The molecule has 1 aromatic rings. The van der Waals surface area contributed by atoms with E-state index in [4.69, 9.17) is 5.11 Å². The highest BCUT2D eigenvalue weighted by molar-refractivity contribution is 5.77. The monoisotopic (exact) mass is 228 g/mol. The fourth-order valence-corrected chi connectivity index (χ4v) is 2.13. The van der Waals surface area contributed by atoms with Crippen LogP contribution in [-0.2, 0) is 11.2 Å². The Balaban J connectivity index is 2.41. The molecule has 0 amide bonds. The van der Waals surface area contributed by atoms with E-state index in [0.717, 1.165) is 0 Å². The van der Waals surface area contributed by atoms with Crippen molar-refractivity contribution in [2.75, 3.05) is 0 Å². The third kappa shape index (κ3) is 1.52. The second-order valence-corrected chi connectivity index (χ2v) is 3.90. The molecule has 0 bridgehead atoms. The van der Waals surface area contributed by atoms with E-state index >= 15 is 0 Å². The van der Waals surface area contributed by atoms with Gasteiger partial charge in [0.2, 0.25) is 0 Å². The highest BCUT2D eigenvalue weighted by Crippen LogP contribution is 2.44. The van der Waals surface area contributed by atoms with Crippen molar-refractivity contribution in [3.63, 3.8) is 0 Å². The van der Waals surface area contributed by atoms with Crippen molar-refractivity contribution in [2.45, 2.75) is 24.7 Å². The average molecular weight is 228 g/mol. The standard InChI is InChI=1S/C11H10F2O3/c12-11(13,10(15)16)9-4-1-6-5-7(14)2-3-8(6)9/h2-3,5,9,14H,1,4H2,(H,15,16). The van der Waals surface area contributed by atoms with Crippen molar-refractivity contribution in [1.29, 1.82) is 0 Å². The number of carboxylic acid groups (broad SMARTS) is 1. The molecule has 1 aromatic carbocycles. The van der Waals surface area contributed by atoms with Gasteiger partial charge in [0.25, 0.3) is 0 Å². The van der Waals surface area contributed by atoms with E-state index in [1.165, 1.54) is 18.2 Å². The zero-order valence-corrected chi connectivity index (χ0v) is 8.28. The number of rotatable bonds is 2. The molecule has 1 aliphatic carbocycles. The zero-order chi connectivity index (χ0) is 11.9. The summed E-state index contributed by atoms with van der Waals surface area (Å²) in [5.41, 5.74) is 0.927. The van der Waals surface area contributed by atoms with E-state index in [0.29, 0.717) is 17.5 Å². The van der Waals surface area contributed by atoms with Crippen LogP contribution < -0.4 is 0 Å². The van der Waals surface area contributed by atoms with Gasteiger partial charge in [-0.15, -0.1) is 0 Å². The highest BCUT2D eigenvalue weighted by atomic mass is 19.3. The number of aromatic hydroxyl groups is 1. The second kappa shape index (κ2) is 3.43. The number of phenols is 1. The largest absolute Gasteiger partial charge is 0.508 e. The molecule has 0 aromatic heterocycles. The summed E-state index contributed by atoms with van der Waals surface area (Å²) >= 11 is 0. The van der Waals surface area contributed by atoms with Crippen LogP contribution in [0.15, 0.2) is 18.2 Å². The van der Waals surface area contributed by atoms with Gasteiger partial charge in [0, 0.05) is 0 Å². The van der Waals surface area contributed by atoms with E-state index in [1.54, 1.807) is 0 Å². The summed E-state index contributed by atoms with van der Waals surface area (Å²) in [5, 5.41) is 17.7. The van der Waals surface area contributed by atoms with E-state index < -0.39 is 17.8 Å². The summed E-state index contributed by atoms with van der Waals surface area (Å²) in [7, 11) is 0. The Morgan fingerprint density at radius 2 is 2.12 bits per heavy atom. The van der Waals surface area contributed by atoms with Gasteiger partial charge in [0.1, 0.15) is 5.75 Å². The average Bonchev–Trinajstić information content (AvgIpc) is 2.60. The molecule has 0 spiro atoms. The van der Waals surface area contributed by atoms with Gasteiger partial charge in [-0.25, -0.2) is 4.79 Å². The van der Waals surface area contributed by atoms with Crippen molar-refractivity contribution in [1.82, 2.24) is 0 Å². The molecule has 1 aliphatic rings. The minimum absolute atomic E-state index is 0.0121. The summed E-state index contributed by atoms with van der Waals surface area (Å²) in [6.45, 7) is 0. The van der Waals surface area contributed by atoms with Crippen LogP contribution in [0.5, 0.6) is 5.75 Å². The number of aryl methyl sites for hydroxylation is 1. The molecule has 0 radical (unpaired) electrons. The van der Waals surface area contributed by atoms with E-state index in [-0.39, 0.29) is 12.2 Å². The molecular formula is C11H10F2O3. The van der Waals surface area contributed by atoms with Crippen LogP contribution in [0, 0.1) is 0 Å². The molecule has 2 N–H and O–H groups in total. The maximum atomic E-state index is 13.4. The molecule has 0 aliphatic heterocycles. The minimum Gasteiger partial charge on any atom is -0.508 e. The number of hydrogen-bond acceptors (Lipinski definition) is 2. The van der Waals surface area contributed by atoms with Gasteiger partial charge < -0.3 is 10.2 Å². The summed E-state index contributed by atoms with van der Waals surface area (Å²) in [4.78, 5) is 10.5. The van der Waals surface area contributed by atoms with Crippen molar-refractivity contribution < 1.29 is 23.8 Å². The third-order valence-corrected chi connectivity index (χ3v) is 2.93. The predicted octanol–water partition coefficient (Wildman–Crippen LogP) is 2.14. The second-order valence-electron chi connectivity index (χ2n) is 3.90. The van der Waals surface area contributed by atoms with Gasteiger partial charge in [0.15, 0.2) is 0 Å². The van der Waals surface area contributed by atoms with Crippen LogP contribution in [-0.4, -0.2) is 22.1 Å². The molecule has 86 valence electrons. The van der Waals surface area contributed by atoms with Crippen molar-refractivity contribution in [3.05, 3.63) is 29.3 Å². The lowest BCUT2D eigenvalue weighted by molar-refractivity contribution is -0.168. The first-order valence-corrected chi connectivity index (χ1v) is 4.86. The van der Waals surface area contributed by atoms with Crippen LogP contribution in [0.1, 0.15) is 23.5 Å². The van der Waals surface area contributed by atoms with Crippen molar-refractivity contribution in [2.24, 2.45) is 0 Å².